The van der Waals surface area contributed by atoms with Crippen LogP contribution in [0, 0.1) is 0 Å². The van der Waals surface area contributed by atoms with Crippen molar-refractivity contribution in [3.8, 4) is 0 Å². The van der Waals surface area contributed by atoms with Crippen molar-refractivity contribution < 1.29 is 8.42 Å². The molecule has 0 aromatic carbocycles. The van der Waals surface area contributed by atoms with E-state index in [1.807, 2.05) is 0 Å². The molecule has 1 saturated carbocycles. The number of nitrogens with zero attached hydrogens (tertiary/aromatic N) is 2. The maximum Gasteiger partial charge on any atom is 0.244 e. The molecule has 1 fully saturated rings. The second-order valence-electron chi connectivity index (χ2n) is 5.27. The summed E-state index contributed by atoms with van der Waals surface area (Å²) in [6, 6.07) is 3.88. The van der Waals surface area contributed by atoms with Crippen molar-refractivity contribution in [2.24, 2.45) is 0 Å². The molecule has 2 rings (SSSR count). The molecular formula is C14H23N3O2S. The maximum atomic E-state index is 12.5. The Morgan fingerprint density at radius 3 is 2.60 bits per heavy atom. The summed E-state index contributed by atoms with van der Waals surface area (Å²) in [4.78, 5) is 4.17. The first-order chi connectivity index (χ1) is 9.55. The molecule has 6 heteroatoms. The van der Waals surface area contributed by atoms with Crippen molar-refractivity contribution >= 4 is 10.0 Å². The van der Waals surface area contributed by atoms with Crippen LogP contribution in [0.25, 0.3) is 0 Å². The Bertz CT molecular complexity index is 510. The lowest BCUT2D eigenvalue weighted by Crippen LogP contribution is -2.43. The highest BCUT2D eigenvalue weighted by Crippen LogP contribution is 2.26. The van der Waals surface area contributed by atoms with Crippen LogP contribution < -0.4 is 5.32 Å². The molecule has 1 N–H and O–H groups in total. The van der Waals surface area contributed by atoms with E-state index in [1.165, 1.54) is 10.5 Å². The van der Waals surface area contributed by atoms with Crippen molar-refractivity contribution in [2.45, 2.75) is 49.6 Å². The fraction of sp³-hybridized carbons (Fsp3) is 0.643. The fourth-order valence-corrected chi connectivity index (χ4v) is 4.17. The standard InChI is InChI=1S/C14H23N3O2S/c1-3-16-12-6-8-13(9-7-12)17(2)20(18,19)14-5-4-10-15-11-14/h4-5,10-13,16H,3,6-9H2,1-2H3. The molecule has 0 atom stereocenters. The van der Waals surface area contributed by atoms with Gasteiger partial charge in [0.05, 0.1) is 0 Å². The topological polar surface area (TPSA) is 62.3 Å². The number of sulfonamides is 1. The van der Waals surface area contributed by atoms with Gasteiger partial charge in [-0.05, 0) is 44.4 Å². The van der Waals surface area contributed by atoms with E-state index in [1.54, 1.807) is 25.4 Å². The van der Waals surface area contributed by atoms with Gasteiger partial charge in [-0.25, -0.2) is 8.42 Å². The third-order valence-corrected chi connectivity index (χ3v) is 5.91. The number of rotatable bonds is 5. The van der Waals surface area contributed by atoms with Crippen molar-refractivity contribution in [1.82, 2.24) is 14.6 Å². The second-order valence-corrected chi connectivity index (χ2v) is 7.27. The normalized spacial score (nSPS) is 23.9. The summed E-state index contributed by atoms with van der Waals surface area (Å²) in [5.41, 5.74) is 0. The molecule has 1 aliphatic carbocycles. The predicted molar refractivity (Wildman–Crippen MR) is 78.9 cm³/mol. The van der Waals surface area contributed by atoms with Gasteiger partial charge in [0.2, 0.25) is 10.0 Å². The fourth-order valence-electron chi connectivity index (χ4n) is 2.79. The largest absolute Gasteiger partial charge is 0.314 e. The van der Waals surface area contributed by atoms with Crippen LogP contribution in [0.2, 0.25) is 0 Å². The third-order valence-electron chi connectivity index (χ3n) is 4.02. The van der Waals surface area contributed by atoms with E-state index in [4.69, 9.17) is 0 Å². The molecule has 5 nitrogen and oxygen atoms in total. The van der Waals surface area contributed by atoms with Crippen LogP contribution in [-0.4, -0.2) is 43.4 Å². The average molecular weight is 297 g/mol. The number of hydrogen-bond donors (Lipinski definition) is 1. The maximum absolute atomic E-state index is 12.5. The van der Waals surface area contributed by atoms with E-state index in [2.05, 4.69) is 17.2 Å². The van der Waals surface area contributed by atoms with Gasteiger partial charge in [-0.1, -0.05) is 6.92 Å². The van der Waals surface area contributed by atoms with Crippen LogP contribution in [0.5, 0.6) is 0 Å². The minimum absolute atomic E-state index is 0.0927. The van der Waals surface area contributed by atoms with Gasteiger partial charge < -0.3 is 5.32 Å². The lowest BCUT2D eigenvalue weighted by Gasteiger charge is -2.34. The predicted octanol–water partition coefficient (Wildman–Crippen LogP) is 1.62. The quantitative estimate of drug-likeness (QED) is 0.897. The Balaban J connectivity index is 2.03. The minimum Gasteiger partial charge on any atom is -0.314 e. The molecule has 1 aliphatic rings. The molecule has 0 amide bonds. The molecule has 0 radical (unpaired) electrons. The average Bonchev–Trinajstić information content (AvgIpc) is 2.48. The highest BCUT2D eigenvalue weighted by molar-refractivity contribution is 7.89. The van der Waals surface area contributed by atoms with Crippen LogP contribution in [0.15, 0.2) is 29.4 Å². The van der Waals surface area contributed by atoms with Crippen LogP contribution in [0.3, 0.4) is 0 Å². The zero-order chi connectivity index (χ0) is 14.6. The molecule has 0 spiro atoms. The molecule has 0 bridgehead atoms. The summed E-state index contributed by atoms with van der Waals surface area (Å²) >= 11 is 0. The number of pyridine rings is 1. The van der Waals surface area contributed by atoms with Crippen molar-refractivity contribution in [3.05, 3.63) is 24.5 Å². The van der Waals surface area contributed by atoms with Crippen molar-refractivity contribution in [2.75, 3.05) is 13.6 Å². The van der Waals surface area contributed by atoms with Gasteiger partial charge in [-0.2, -0.15) is 4.31 Å². The highest BCUT2D eigenvalue weighted by Gasteiger charge is 2.31. The van der Waals surface area contributed by atoms with E-state index < -0.39 is 10.0 Å². The molecule has 1 heterocycles. The third kappa shape index (κ3) is 3.37. The van der Waals surface area contributed by atoms with Gasteiger partial charge >= 0.3 is 0 Å². The van der Waals surface area contributed by atoms with Crippen LogP contribution in [0.1, 0.15) is 32.6 Å². The van der Waals surface area contributed by atoms with E-state index in [0.717, 1.165) is 32.2 Å². The Kier molecular flexibility index (Phi) is 5.12. The molecule has 1 aromatic rings. The first-order valence-corrected chi connectivity index (χ1v) is 8.61. The second kappa shape index (κ2) is 6.65. The molecule has 0 unspecified atom stereocenters. The van der Waals surface area contributed by atoms with Crippen molar-refractivity contribution in [3.63, 3.8) is 0 Å². The van der Waals surface area contributed by atoms with E-state index in [-0.39, 0.29) is 10.9 Å². The summed E-state index contributed by atoms with van der Waals surface area (Å²) in [7, 11) is -1.74. The monoisotopic (exact) mass is 297 g/mol. The SMILES string of the molecule is CCNC1CCC(N(C)S(=O)(=O)c2cccnc2)CC1. The lowest BCUT2D eigenvalue weighted by molar-refractivity contribution is 0.251. The van der Waals surface area contributed by atoms with Gasteiger partial charge in [-0.15, -0.1) is 0 Å². The van der Waals surface area contributed by atoms with Crippen molar-refractivity contribution in [1.29, 1.82) is 0 Å². The van der Waals surface area contributed by atoms with Crippen LogP contribution in [-0.2, 0) is 10.0 Å². The van der Waals surface area contributed by atoms with Gasteiger partial charge in [0.15, 0.2) is 0 Å². The summed E-state index contributed by atoms with van der Waals surface area (Å²) < 4.78 is 26.5. The summed E-state index contributed by atoms with van der Waals surface area (Å²) in [5.74, 6) is 0. The molecule has 1 aromatic heterocycles. The van der Waals surface area contributed by atoms with E-state index in [0.29, 0.717) is 6.04 Å². The number of hydrogen-bond acceptors (Lipinski definition) is 4. The lowest BCUT2D eigenvalue weighted by atomic mass is 9.91. The molecule has 20 heavy (non-hydrogen) atoms. The van der Waals surface area contributed by atoms with Gasteiger partial charge in [0, 0.05) is 31.5 Å². The summed E-state index contributed by atoms with van der Waals surface area (Å²) in [5, 5.41) is 3.44. The zero-order valence-electron chi connectivity index (χ0n) is 12.1. The van der Waals surface area contributed by atoms with Gasteiger partial charge in [0.25, 0.3) is 0 Å². The van der Waals surface area contributed by atoms with Crippen LogP contribution >= 0.6 is 0 Å². The molecule has 112 valence electrons. The summed E-state index contributed by atoms with van der Waals surface area (Å²) in [6.45, 7) is 3.07. The zero-order valence-corrected chi connectivity index (χ0v) is 12.9. The molecular weight excluding hydrogens is 274 g/mol. The Hall–Kier alpha value is -0.980. The molecule has 0 saturated heterocycles. The Morgan fingerprint density at radius 2 is 2.05 bits per heavy atom. The number of nitrogens with one attached hydrogen (secondary N) is 1. The highest BCUT2D eigenvalue weighted by atomic mass is 32.2. The first kappa shape index (κ1) is 15.4. The number of aromatic nitrogens is 1. The Labute approximate surface area is 121 Å². The van der Waals surface area contributed by atoms with Crippen LogP contribution in [0.4, 0.5) is 0 Å². The molecule has 0 aliphatic heterocycles. The van der Waals surface area contributed by atoms with Gasteiger partial charge in [-0.3, -0.25) is 4.98 Å². The minimum atomic E-state index is -3.42. The first-order valence-electron chi connectivity index (χ1n) is 7.17. The smallest absolute Gasteiger partial charge is 0.244 e. The van der Waals surface area contributed by atoms with E-state index in [9.17, 15) is 8.42 Å². The van der Waals surface area contributed by atoms with E-state index >= 15 is 0 Å². The Morgan fingerprint density at radius 1 is 1.35 bits per heavy atom. The van der Waals surface area contributed by atoms with Gasteiger partial charge in [0.1, 0.15) is 4.90 Å². The summed E-state index contributed by atoms with van der Waals surface area (Å²) in [6.07, 6.45) is 6.88.